The lowest BCUT2D eigenvalue weighted by Gasteiger charge is -2.13. The van der Waals surface area contributed by atoms with Crippen LogP contribution in [0, 0.1) is 12.8 Å². The standard InChI is InChI=1S/C25H24N4O3/c1-16-14-26-29(15-18-7-8-18)22(16)27-23(30)19-9-10-20-21(13-19)25(32)28(24(20)31)12-11-17-5-3-2-4-6-17/h2-6,9-10,13-14,18H,7-8,11-12,15H2,1H3,(H,27,30). The molecule has 5 rings (SSSR count). The van der Waals surface area contributed by atoms with Gasteiger partial charge in [0.15, 0.2) is 0 Å². The number of nitrogens with zero attached hydrogens (tertiary/aromatic N) is 3. The van der Waals surface area contributed by atoms with Crippen LogP contribution in [0.1, 0.15) is 55.0 Å². The van der Waals surface area contributed by atoms with E-state index in [-0.39, 0.29) is 23.3 Å². The Hall–Kier alpha value is -3.74. The van der Waals surface area contributed by atoms with Crippen molar-refractivity contribution in [2.45, 2.75) is 32.7 Å². The molecular weight excluding hydrogens is 404 g/mol. The zero-order chi connectivity index (χ0) is 22.2. The van der Waals surface area contributed by atoms with Gasteiger partial charge in [0.05, 0.1) is 17.3 Å². The summed E-state index contributed by atoms with van der Waals surface area (Å²) in [7, 11) is 0. The number of rotatable bonds is 7. The van der Waals surface area contributed by atoms with E-state index in [4.69, 9.17) is 0 Å². The summed E-state index contributed by atoms with van der Waals surface area (Å²) in [6.07, 6.45) is 4.71. The van der Waals surface area contributed by atoms with Gasteiger partial charge in [-0.2, -0.15) is 5.10 Å². The van der Waals surface area contributed by atoms with Crippen molar-refractivity contribution in [2.24, 2.45) is 5.92 Å². The van der Waals surface area contributed by atoms with E-state index in [9.17, 15) is 14.4 Å². The molecule has 0 bridgehead atoms. The van der Waals surface area contributed by atoms with Gasteiger partial charge in [-0.15, -0.1) is 0 Å². The fourth-order valence-corrected chi connectivity index (χ4v) is 4.03. The van der Waals surface area contributed by atoms with Crippen molar-refractivity contribution < 1.29 is 14.4 Å². The van der Waals surface area contributed by atoms with E-state index >= 15 is 0 Å². The monoisotopic (exact) mass is 428 g/mol. The molecule has 0 spiro atoms. The fourth-order valence-electron chi connectivity index (χ4n) is 4.03. The second kappa shape index (κ2) is 8.07. The van der Waals surface area contributed by atoms with Crippen molar-refractivity contribution in [1.82, 2.24) is 14.7 Å². The van der Waals surface area contributed by atoms with Crippen LogP contribution in [0.5, 0.6) is 0 Å². The first-order valence-corrected chi connectivity index (χ1v) is 10.9. The number of benzene rings is 2. The van der Waals surface area contributed by atoms with E-state index in [1.54, 1.807) is 18.3 Å². The van der Waals surface area contributed by atoms with E-state index in [1.165, 1.54) is 23.8 Å². The van der Waals surface area contributed by atoms with Gasteiger partial charge in [0.1, 0.15) is 5.82 Å². The van der Waals surface area contributed by atoms with Gasteiger partial charge in [-0.05, 0) is 55.9 Å². The third kappa shape index (κ3) is 3.82. The number of aryl methyl sites for hydroxylation is 1. The highest BCUT2D eigenvalue weighted by Gasteiger charge is 2.35. The van der Waals surface area contributed by atoms with Gasteiger partial charge < -0.3 is 5.32 Å². The molecule has 1 N–H and O–H groups in total. The molecule has 0 unspecified atom stereocenters. The molecule has 1 fully saturated rings. The SMILES string of the molecule is Cc1cnn(CC2CC2)c1NC(=O)c1ccc2c(c1)C(=O)N(CCc1ccccc1)C2=O. The minimum Gasteiger partial charge on any atom is -0.307 e. The Bertz CT molecular complexity index is 1210. The second-order valence-corrected chi connectivity index (χ2v) is 8.51. The van der Waals surface area contributed by atoms with Crippen LogP contribution in [0.25, 0.3) is 0 Å². The normalized spacial score (nSPS) is 15.2. The first-order chi connectivity index (χ1) is 15.5. The molecule has 0 saturated heterocycles. The maximum absolute atomic E-state index is 12.9. The van der Waals surface area contributed by atoms with Crippen molar-refractivity contribution in [3.05, 3.63) is 82.5 Å². The molecule has 1 aliphatic carbocycles. The van der Waals surface area contributed by atoms with Crippen LogP contribution < -0.4 is 5.32 Å². The number of nitrogens with one attached hydrogen (secondary N) is 1. The molecule has 7 nitrogen and oxygen atoms in total. The lowest BCUT2D eigenvalue weighted by Crippen LogP contribution is -2.31. The van der Waals surface area contributed by atoms with Crippen LogP contribution in [-0.2, 0) is 13.0 Å². The summed E-state index contributed by atoms with van der Waals surface area (Å²) in [6.45, 7) is 3.00. The van der Waals surface area contributed by atoms with Gasteiger partial charge in [0, 0.05) is 24.2 Å². The molecule has 162 valence electrons. The largest absolute Gasteiger partial charge is 0.307 e. The number of imide groups is 1. The quantitative estimate of drug-likeness (QED) is 0.582. The van der Waals surface area contributed by atoms with Crippen molar-refractivity contribution in [1.29, 1.82) is 0 Å². The third-order valence-electron chi connectivity index (χ3n) is 6.08. The molecule has 0 radical (unpaired) electrons. The maximum Gasteiger partial charge on any atom is 0.261 e. The first-order valence-electron chi connectivity index (χ1n) is 10.9. The van der Waals surface area contributed by atoms with E-state index in [2.05, 4.69) is 10.4 Å². The molecule has 0 atom stereocenters. The Morgan fingerprint density at radius 1 is 1.06 bits per heavy atom. The lowest BCUT2D eigenvalue weighted by molar-refractivity contribution is 0.0656. The molecule has 32 heavy (non-hydrogen) atoms. The highest BCUT2D eigenvalue weighted by Crippen LogP contribution is 2.32. The Labute approximate surface area is 186 Å². The molecule has 1 aromatic heterocycles. The molecule has 2 aromatic carbocycles. The number of fused-ring (bicyclic) bond motifs is 1. The average molecular weight is 428 g/mol. The van der Waals surface area contributed by atoms with E-state index in [0.29, 0.717) is 35.8 Å². The fraction of sp³-hybridized carbons (Fsp3) is 0.280. The number of carbonyl (C=O) groups is 3. The van der Waals surface area contributed by atoms with Gasteiger partial charge in [-0.3, -0.25) is 19.3 Å². The molecule has 3 aromatic rings. The number of carbonyl (C=O) groups excluding carboxylic acids is 3. The number of aromatic nitrogens is 2. The molecular formula is C25H24N4O3. The summed E-state index contributed by atoms with van der Waals surface area (Å²) in [6, 6.07) is 14.4. The van der Waals surface area contributed by atoms with E-state index < -0.39 is 0 Å². The van der Waals surface area contributed by atoms with Crippen molar-refractivity contribution in [2.75, 3.05) is 11.9 Å². The summed E-state index contributed by atoms with van der Waals surface area (Å²) in [5.41, 5.74) is 2.91. The van der Waals surface area contributed by atoms with Crippen LogP contribution in [0.15, 0.2) is 54.7 Å². The smallest absolute Gasteiger partial charge is 0.261 e. The highest BCUT2D eigenvalue weighted by atomic mass is 16.2. The molecule has 1 aliphatic heterocycles. The van der Waals surface area contributed by atoms with E-state index in [1.807, 2.05) is 41.9 Å². The van der Waals surface area contributed by atoms with Gasteiger partial charge in [-0.25, -0.2) is 4.68 Å². The van der Waals surface area contributed by atoms with Gasteiger partial charge >= 0.3 is 0 Å². The zero-order valence-corrected chi connectivity index (χ0v) is 17.9. The Kier molecular flexibility index (Phi) is 5.09. The van der Waals surface area contributed by atoms with Gasteiger partial charge in [-0.1, -0.05) is 30.3 Å². The molecule has 3 amide bonds. The van der Waals surface area contributed by atoms with Crippen molar-refractivity contribution in [3.63, 3.8) is 0 Å². The van der Waals surface area contributed by atoms with Crippen LogP contribution in [0.3, 0.4) is 0 Å². The first kappa shape index (κ1) is 20.2. The molecule has 2 aliphatic rings. The summed E-state index contributed by atoms with van der Waals surface area (Å²) in [5, 5.41) is 7.31. The van der Waals surface area contributed by atoms with Gasteiger partial charge in [0.2, 0.25) is 0 Å². The second-order valence-electron chi connectivity index (χ2n) is 8.51. The zero-order valence-electron chi connectivity index (χ0n) is 17.9. The topological polar surface area (TPSA) is 84.3 Å². The molecule has 2 heterocycles. The van der Waals surface area contributed by atoms with Crippen LogP contribution in [-0.4, -0.2) is 38.9 Å². The minimum atomic E-state index is -0.356. The molecule has 1 saturated carbocycles. The van der Waals surface area contributed by atoms with Crippen LogP contribution >= 0.6 is 0 Å². The summed E-state index contributed by atoms with van der Waals surface area (Å²) >= 11 is 0. The Morgan fingerprint density at radius 3 is 2.56 bits per heavy atom. The predicted molar refractivity (Wildman–Crippen MR) is 120 cm³/mol. The van der Waals surface area contributed by atoms with Crippen LogP contribution in [0.4, 0.5) is 5.82 Å². The Balaban J connectivity index is 1.32. The summed E-state index contributed by atoms with van der Waals surface area (Å²) < 4.78 is 1.83. The number of hydrogen-bond acceptors (Lipinski definition) is 4. The number of amides is 3. The predicted octanol–water partition coefficient (Wildman–Crippen LogP) is 3.69. The molecule has 7 heteroatoms. The number of hydrogen-bond donors (Lipinski definition) is 1. The minimum absolute atomic E-state index is 0.277. The summed E-state index contributed by atoms with van der Waals surface area (Å²) in [4.78, 5) is 39.9. The van der Waals surface area contributed by atoms with Crippen molar-refractivity contribution in [3.8, 4) is 0 Å². The lowest BCUT2D eigenvalue weighted by atomic mass is 10.1. The average Bonchev–Trinajstić information content (AvgIpc) is 3.52. The third-order valence-corrected chi connectivity index (χ3v) is 6.08. The van der Waals surface area contributed by atoms with E-state index in [0.717, 1.165) is 17.7 Å². The Morgan fingerprint density at radius 2 is 1.81 bits per heavy atom. The highest BCUT2D eigenvalue weighted by molar-refractivity contribution is 6.22. The summed E-state index contributed by atoms with van der Waals surface area (Å²) in [5.74, 6) is 0.304. The van der Waals surface area contributed by atoms with Gasteiger partial charge in [0.25, 0.3) is 17.7 Å². The van der Waals surface area contributed by atoms with Crippen LogP contribution in [0.2, 0.25) is 0 Å². The van der Waals surface area contributed by atoms with Crippen molar-refractivity contribution >= 4 is 23.5 Å². The number of anilines is 1. The maximum atomic E-state index is 12.9.